The molecule has 2 aromatic carbocycles. The van der Waals surface area contributed by atoms with Crippen LogP contribution in [-0.2, 0) is 11.4 Å². The van der Waals surface area contributed by atoms with Crippen molar-refractivity contribution < 1.29 is 27.5 Å². The summed E-state index contributed by atoms with van der Waals surface area (Å²) in [5.74, 6) is 0.437. The molecule has 0 amide bonds. The predicted octanol–water partition coefficient (Wildman–Crippen LogP) is 4.02. The van der Waals surface area contributed by atoms with Crippen LogP contribution in [0.15, 0.2) is 53.7 Å². The minimum Gasteiger partial charge on any atom is -0.497 e. The van der Waals surface area contributed by atoms with Gasteiger partial charge in [0.1, 0.15) is 24.3 Å². The Morgan fingerprint density at radius 1 is 0.957 bits per heavy atom. The second kappa shape index (κ2) is 7.53. The first-order valence-electron chi connectivity index (χ1n) is 6.53. The molecular weight excluding hydrogens is 311 g/mol. The summed E-state index contributed by atoms with van der Waals surface area (Å²) in [6.45, 7) is 0.107. The third-order valence-corrected chi connectivity index (χ3v) is 2.72. The van der Waals surface area contributed by atoms with Gasteiger partial charge in [-0.2, -0.15) is 0 Å². The molecule has 2 aromatic rings. The van der Waals surface area contributed by atoms with E-state index in [1.54, 1.807) is 31.4 Å². The predicted molar refractivity (Wildman–Crippen MR) is 77.4 cm³/mol. The van der Waals surface area contributed by atoms with Gasteiger partial charge in [-0.3, -0.25) is 0 Å². The van der Waals surface area contributed by atoms with Crippen LogP contribution in [-0.4, -0.2) is 19.7 Å². The monoisotopic (exact) mass is 324 g/mol. The van der Waals surface area contributed by atoms with Crippen molar-refractivity contribution in [2.75, 3.05) is 7.11 Å². The highest BCUT2D eigenvalue weighted by molar-refractivity contribution is 5.79. The summed E-state index contributed by atoms with van der Waals surface area (Å²) in [7, 11) is 1.57. The van der Waals surface area contributed by atoms with Gasteiger partial charge in [-0.1, -0.05) is 17.3 Å². The van der Waals surface area contributed by atoms with Crippen molar-refractivity contribution in [2.24, 2.45) is 5.16 Å². The van der Waals surface area contributed by atoms with Crippen molar-refractivity contribution in [2.45, 2.75) is 13.0 Å². The van der Waals surface area contributed by atoms with E-state index in [9.17, 15) is 13.2 Å². The maximum absolute atomic E-state index is 12.0. The molecule has 121 valence electrons. The molecular formula is C16H13F3NO3. The van der Waals surface area contributed by atoms with Crippen molar-refractivity contribution in [3.05, 3.63) is 59.7 Å². The van der Waals surface area contributed by atoms with Crippen LogP contribution in [0, 0.1) is 0 Å². The summed E-state index contributed by atoms with van der Waals surface area (Å²) >= 11 is 0. The lowest BCUT2D eigenvalue weighted by atomic mass is 10.2. The van der Waals surface area contributed by atoms with Crippen LogP contribution in [0.2, 0.25) is 0 Å². The highest BCUT2D eigenvalue weighted by Gasteiger charge is 2.30. The van der Waals surface area contributed by atoms with Gasteiger partial charge in [0.2, 0.25) is 0 Å². The second-order valence-electron chi connectivity index (χ2n) is 4.40. The molecule has 0 unspecified atom stereocenters. The van der Waals surface area contributed by atoms with Gasteiger partial charge in [0.25, 0.3) is 0 Å². The zero-order valence-corrected chi connectivity index (χ0v) is 12.1. The molecule has 1 radical (unpaired) electrons. The average Bonchev–Trinajstić information content (AvgIpc) is 2.52. The summed E-state index contributed by atoms with van der Waals surface area (Å²) < 4.78 is 44.9. The number of nitrogens with zero attached hydrogens (tertiary/aromatic N) is 1. The molecule has 0 heterocycles. The maximum Gasteiger partial charge on any atom is 0.573 e. The van der Waals surface area contributed by atoms with Gasteiger partial charge in [-0.05, 0) is 42.0 Å². The molecule has 0 atom stereocenters. The van der Waals surface area contributed by atoms with E-state index in [-0.39, 0.29) is 12.4 Å². The normalized spacial score (nSPS) is 11.5. The van der Waals surface area contributed by atoms with Gasteiger partial charge in [0, 0.05) is 5.56 Å². The van der Waals surface area contributed by atoms with E-state index >= 15 is 0 Å². The molecule has 4 nitrogen and oxygen atoms in total. The van der Waals surface area contributed by atoms with E-state index in [1.165, 1.54) is 24.3 Å². The van der Waals surface area contributed by atoms with Crippen molar-refractivity contribution in [1.82, 2.24) is 0 Å². The fourth-order valence-electron chi connectivity index (χ4n) is 1.64. The summed E-state index contributed by atoms with van der Waals surface area (Å²) in [6.07, 6.45) is -2.02. The quantitative estimate of drug-likeness (QED) is 0.595. The Labute approximate surface area is 131 Å². The van der Waals surface area contributed by atoms with Crippen LogP contribution in [0.25, 0.3) is 0 Å². The van der Waals surface area contributed by atoms with E-state index in [1.807, 2.05) is 0 Å². The Bertz CT molecular complexity index is 637. The molecule has 0 saturated carbocycles. The zero-order valence-electron chi connectivity index (χ0n) is 12.1. The van der Waals surface area contributed by atoms with Crippen LogP contribution in [0.5, 0.6) is 11.5 Å². The third kappa shape index (κ3) is 5.90. The Hall–Kier alpha value is -2.70. The molecule has 0 bridgehead atoms. The molecule has 0 fully saturated rings. The first-order chi connectivity index (χ1) is 11.0. The third-order valence-electron chi connectivity index (χ3n) is 2.72. The Morgan fingerprint density at radius 3 is 2.13 bits per heavy atom. The minimum atomic E-state index is -4.70. The van der Waals surface area contributed by atoms with Crippen LogP contribution in [0.3, 0.4) is 0 Å². The summed E-state index contributed by atoms with van der Waals surface area (Å²) in [5.41, 5.74) is 1.36. The molecule has 0 aliphatic rings. The van der Waals surface area contributed by atoms with Crippen LogP contribution >= 0.6 is 0 Å². The van der Waals surface area contributed by atoms with Gasteiger partial charge in [-0.25, -0.2) is 0 Å². The fraction of sp³-hybridized carbons (Fsp3) is 0.188. The number of benzene rings is 2. The number of rotatable bonds is 6. The Morgan fingerprint density at radius 2 is 1.57 bits per heavy atom. The molecule has 2 rings (SSSR count). The zero-order chi connectivity index (χ0) is 16.7. The largest absolute Gasteiger partial charge is 0.573 e. The summed E-state index contributed by atoms with van der Waals surface area (Å²) in [6, 6.07) is 12.4. The topological polar surface area (TPSA) is 40.0 Å². The first-order valence-corrected chi connectivity index (χ1v) is 6.53. The molecule has 0 spiro atoms. The average molecular weight is 324 g/mol. The maximum atomic E-state index is 12.0. The second-order valence-corrected chi connectivity index (χ2v) is 4.40. The van der Waals surface area contributed by atoms with Gasteiger partial charge in [0.05, 0.1) is 7.11 Å². The number of hydrogen-bond acceptors (Lipinski definition) is 4. The molecule has 0 aromatic heterocycles. The van der Waals surface area contributed by atoms with E-state index in [4.69, 9.17) is 9.57 Å². The molecule has 0 aliphatic heterocycles. The standard InChI is InChI=1S/C16H13F3NO3/c1-21-14-6-2-12(3-7-14)10-20-22-11-13-4-8-15(9-5-13)23-16(17,18)19/h2-9H,11H2,1H3. The highest BCUT2D eigenvalue weighted by Crippen LogP contribution is 2.22. The molecule has 7 heteroatoms. The number of ether oxygens (including phenoxy) is 2. The van der Waals surface area contributed by atoms with Gasteiger partial charge < -0.3 is 14.3 Å². The smallest absolute Gasteiger partial charge is 0.497 e. The fourth-order valence-corrected chi connectivity index (χ4v) is 1.64. The number of alkyl halides is 3. The SMILES string of the molecule is COc1ccc(/[C]=N\OCc2ccc(OC(F)(F)F)cc2)cc1. The lowest BCUT2D eigenvalue weighted by molar-refractivity contribution is -0.274. The van der Waals surface area contributed by atoms with Gasteiger partial charge in [0.15, 0.2) is 0 Å². The van der Waals surface area contributed by atoms with E-state index in [0.717, 1.165) is 5.75 Å². The number of hydrogen-bond donors (Lipinski definition) is 0. The van der Waals surface area contributed by atoms with Crippen molar-refractivity contribution in [1.29, 1.82) is 0 Å². The number of halogens is 3. The molecule has 0 aliphatic carbocycles. The molecule has 0 saturated heterocycles. The van der Waals surface area contributed by atoms with Crippen LogP contribution in [0.1, 0.15) is 11.1 Å². The van der Waals surface area contributed by atoms with Crippen molar-refractivity contribution in [3.63, 3.8) is 0 Å². The lowest BCUT2D eigenvalue weighted by Gasteiger charge is -2.08. The molecule has 23 heavy (non-hydrogen) atoms. The minimum absolute atomic E-state index is 0.107. The Kier molecular flexibility index (Phi) is 5.46. The molecule has 0 N–H and O–H groups in total. The van der Waals surface area contributed by atoms with Crippen LogP contribution in [0.4, 0.5) is 13.2 Å². The van der Waals surface area contributed by atoms with Gasteiger partial charge in [-0.15, -0.1) is 13.2 Å². The lowest BCUT2D eigenvalue weighted by Crippen LogP contribution is -2.17. The highest BCUT2D eigenvalue weighted by atomic mass is 19.4. The van der Waals surface area contributed by atoms with E-state index in [2.05, 4.69) is 16.1 Å². The summed E-state index contributed by atoms with van der Waals surface area (Å²) in [5, 5.41) is 3.67. The summed E-state index contributed by atoms with van der Waals surface area (Å²) in [4.78, 5) is 5.04. The van der Waals surface area contributed by atoms with Crippen LogP contribution < -0.4 is 9.47 Å². The van der Waals surface area contributed by atoms with E-state index < -0.39 is 6.36 Å². The van der Waals surface area contributed by atoms with Gasteiger partial charge >= 0.3 is 6.36 Å². The van der Waals surface area contributed by atoms with Crippen molar-refractivity contribution >= 4 is 6.21 Å². The van der Waals surface area contributed by atoms with Crippen molar-refractivity contribution in [3.8, 4) is 11.5 Å². The first kappa shape index (κ1) is 16.7. The Balaban J connectivity index is 1.82. The van der Waals surface area contributed by atoms with E-state index in [0.29, 0.717) is 11.1 Å². The number of methoxy groups -OCH3 is 1.